The molecule has 1 fully saturated rings. The largest absolute Gasteiger partial charge is 0.489 e. The van der Waals surface area contributed by atoms with Gasteiger partial charge in [-0.15, -0.1) is 0 Å². The molecule has 1 aliphatic heterocycles. The van der Waals surface area contributed by atoms with Crippen molar-refractivity contribution < 1.29 is 4.74 Å². The van der Waals surface area contributed by atoms with Gasteiger partial charge in [0.1, 0.15) is 11.9 Å². The molecule has 15 heavy (non-hydrogen) atoms. The predicted octanol–water partition coefficient (Wildman–Crippen LogP) is 2.43. The lowest BCUT2D eigenvalue weighted by Crippen LogP contribution is -2.37. The van der Waals surface area contributed by atoms with E-state index in [1.165, 1.54) is 24.0 Å². The van der Waals surface area contributed by atoms with Crippen LogP contribution in [0.1, 0.15) is 24.0 Å². The van der Waals surface area contributed by atoms with Crippen molar-refractivity contribution in [3.8, 4) is 5.75 Å². The minimum absolute atomic E-state index is 0.347. The Morgan fingerprint density at radius 3 is 2.93 bits per heavy atom. The van der Waals surface area contributed by atoms with Crippen LogP contribution in [0.15, 0.2) is 18.2 Å². The van der Waals surface area contributed by atoms with E-state index in [4.69, 9.17) is 4.74 Å². The summed E-state index contributed by atoms with van der Waals surface area (Å²) in [4.78, 5) is 0. The van der Waals surface area contributed by atoms with Crippen LogP contribution in [-0.2, 0) is 0 Å². The zero-order valence-electron chi connectivity index (χ0n) is 9.55. The molecule has 0 saturated carbocycles. The van der Waals surface area contributed by atoms with Gasteiger partial charge in [0.25, 0.3) is 0 Å². The van der Waals surface area contributed by atoms with Gasteiger partial charge in [0.05, 0.1) is 0 Å². The van der Waals surface area contributed by atoms with E-state index in [-0.39, 0.29) is 0 Å². The number of rotatable bonds is 2. The van der Waals surface area contributed by atoms with Gasteiger partial charge < -0.3 is 10.1 Å². The molecule has 2 heteroatoms. The van der Waals surface area contributed by atoms with Crippen molar-refractivity contribution in [2.45, 2.75) is 32.8 Å². The van der Waals surface area contributed by atoms with Crippen molar-refractivity contribution in [1.29, 1.82) is 0 Å². The van der Waals surface area contributed by atoms with Gasteiger partial charge in [0.15, 0.2) is 0 Å². The van der Waals surface area contributed by atoms with Crippen molar-refractivity contribution in [2.75, 3.05) is 13.1 Å². The summed E-state index contributed by atoms with van der Waals surface area (Å²) < 4.78 is 6.00. The molecule has 82 valence electrons. The van der Waals surface area contributed by atoms with Crippen LogP contribution in [0.2, 0.25) is 0 Å². The van der Waals surface area contributed by atoms with Crippen molar-refractivity contribution in [3.63, 3.8) is 0 Å². The minimum atomic E-state index is 0.347. The number of aryl methyl sites for hydroxylation is 1. The highest BCUT2D eigenvalue weighted by Gasteiger charge is 2.15. The first-order chi connectivity index (χ1) is 7.27. The van der Waals surface area contributed by atoms with Crippen LogP contribution in [0.3, 0.4) is 0 Å². The first-order valence-electron chi connectivity index (χ1n) is 5.71. The van der Waals surface area contributed by atoms with Crippen LogP contribution in [0, 0.1) is 13.8 Å². The number of benzene rings is 1. The number of piperidine rings is 1. The predicted molar refractivity (Wildman–Crippen MR) is 62.4 cm³/mol. The van der Waals surface area contributed by atoms with Crippen LogP contribution in [0.4, 0.5) is 0 Å². The van der Waals surface area contributed by atoms with Crippen LogP contribution in [0.25, 0.3) is 0 Å². The normalized spacial score (nSPS) is 21.3. The van der Waals surface area contributed by atoms with Gasteiger partial charge in [-0.05, 0) is 50.4 Å². The highest BCUT2D eigenvalue weighted by molar-refractivity contribution is 5.38. The first kappa shape index (κ1) is 10.5. The standard InChI is InChI=1S/C13H19NO/c1-10-5-3-7-13(11(10)2)15-12-6-4-8-14-9-12/h3,5,7,12,14H,4,6,8-9H2,1-2H3. The topological polar surface area (TPSA) is 21.3 Å². The average Bonchev–Trinajstić information content (AvgIpc) is 2.26. The second kappa shape index (κ2) is 4.67. The Hall–Kier alpha value is -1.02. The molecule has 1 atom stereocenters. The molecule has 1 unspecified atom stereocenters. The second-order valence-corrected chi connectivity index (χ2v) is 4.28. The number of hydrogen-bond donors (Lipinski definition) is 1. The number of ether oxygens (including phenoxy) is 1. The summed E-state index contributed by atoms with van der Waals surface area (Å²) in [6, 6.07) is 6.26. The molecule has 0 aromatic heterocycles. The van der Waals surface area contributed by atoms with Gasteiger partial charge in [-0.2, -0.15) is 0 Å². The molecular weight excluding hydrogens is 186 g/mol. The lowest BCUT2D eigenvalue weighted by Gasteiger charge is -2.25. The molecule has 0 spiro atoms. The third-order valence-electron chi connectivity index (χ3n) is 3.10. The van der Waals surface area contributed by atoms with Crippen molar-refractivity contribution >= 4 is 0 Å². The summed E-state index contributed by atoms with van der Waals surface area (Å²) in [5.74, 6) is 1.05. The van der Waals surface area contributed by atoms with Gasteiger partial charge in [0, 0.05) is 6.54 Å². The molecule has 0 bridgehead atoms. The fraction of sp³-hybridized carbons (Fsp3) is 0.538. The quantitative estimate of drug-likeness (QED) is 0.800. The third-order valence-corrected chi connectivity index (χ3v) is 3.10. The van der Waals surface area contributed by atoms with E-state index in [9.17, 15) is 0 Å². The summed E-state index contributed by atoms with van der Waals surface area (Å²) in [6.45, 7) is 6.36. The lowest BCUT2D eigenvalue weighted by atomic mass is 10.1. The zero-order valence-corrected chi connectivity index (χ0v) is 9.55. The summed E-state index contributed by atoms with van der Waals surface area (Å²) in [5.41, 5.74) is 2.57. The smallest absolute Gasteiger partial charge is 0.122 e. The second-order valence-electron chi connectivity index (χ2n) is 4.28. The van der Waals surface area contributed by atoms with Crippen LogP contribution >= 0.6 is 0 Å². The first-order valence-corrected chi connectivity index (χ1v) is 5.71. The molecule has 1 saturated heterocycles. The van der Waals surface area contributed by atoms with Gasteiger partial charge in [-0.25, -0.2) is 0 Å². The zero-order chi connectivity index (χ0) is 10.7. The lowest BCUT2D eigenvalue weighted by molar-refractivity contribution is 0.166. The Bertz CT molecular complexity index is 329. The third kappa shape index (κ3) is 2.51. The summed E-state index contributed by atoms with van der Waals surface area (Å²) in [7, 11) is 0. The molecule has 0 radical (unpaired) electrons. The Morgan fingerprint density at radius 1 is 1.33 bits per heavy atom. The van der Waals surface area contributed by atoms with Crippen molar-refractivity contribution in [1.82, 2.24) is 5.32 Å². The van der Waals surface area contributed by atoms with Crippen molar-refractivity contribution in [2.24, 2.45) is 0 Å². The molecule has 2 nitrogen and oxygen atoms in total. The van der Waals surface area contributed by atoms with E-state index >= 15 is 0 Å². The van der Waals surface area contributed by atoms with E-state index in [1.54, 1.807) is 0 Å². The van der Waals surface area contributed by atoms with Crippen LogP contribution < -0.4 is 10.1 Å². The average molecular weight is 205 g/mol. The maximum absolute atomic E-state index is 6.00. The van der Waals surface area contributed by atoms with Gasteiger partial charge >= 0.3 is 0 Å². The highest BCUT2D eigenvalue weighted by Crippen LogP contribution is 2.23. The fourth-order valence-corrected chi connectivity index (χ4v) is 1.95. The Morgan fingerprint density at radius 2 is 2.20 bits per heavy atom. The molecule has 1 heterocycles. The highest BCUT2D eigenvalue weighted by atomic mass is 16.5. The Balaban J connectivity index is 2.06. The fourth-order valence-electron chi connectivity index (χ4n) is 1.95. The molecule has 0 amide bonds. The Kier molecular flexibility index (Phi) is 3.27. The van der Waals surface area contributed by atoms with Gasteiger partial charge in [-0.1, -0.05) is 12.1 Å². The van der Waals surface area contributed by atoms with E-state index in [2.05, 4.69) is 37.4 Å². The summed E-state index contributed by atoms with van der Waals surface area (Å²) in [6.07, 6.45) is 2.73. The summed E-state index contributed by atoms with van der Waals surface area (Å²) >= 11 is 0. The SMILES string of the molecule is Cc1cccc(OC2CCCNC2)c1C. The monoisotopic (exact) mass is 205 g/mol. The number of nitrogens with one attached hydrogen (secondary N) is 1. The molecule has 1 N–H and O–H groups in total. The van der Waals surface area contributed by atoms with Gasteiger partial charge in [-0.3, -0.25) is 0 Å². The van der Waals surface area contributed by atoms with Crippen LogP contribution in [0.5, 0.6) is 5.75 Å². The summed E-state index contributed by atoms with van der Waals surface area (Å²) in [5, 5.41) is 3.36. The van der Waals surface area contributed by atoms with E-state index < -0.39 is 0 Å². The van der Waals surface area contributed by atoms with E-state index in [1.807, 2.05) is 0 Å². The van der Waals surface area contributed by atoms with Crippen LogP contribution in [-0.4, -0.2) is 19.2 Å². The molecule has 1 aromatic rings. The van der Waals surface area contributed by atoms with Gasteiger partial charge in [0.2, 0.25) is 0 Å². The maximum atomic E-state index is 6.00. The Labute approximate surface area is 91.6 Å². The van der Waals surface area contributed by atoms with E-state index in [0.717, 1.165) is 18.8 Å². The molecular formula is C13H19NO. The molecule has 2 rings (SSSR count). The van der Waals surface area contributed by atoms with Crippen molar-refractivity contribution in [3.05, 3.63) is 29.3 Å². The minimum Gasteiger partial charge on any atom is -0.489 e. The molecule has 1 aromatic carbocycles. The molecule has 1 aliphatic rings. The molecule has 0 aliphatic carbocycles. The number of hydrogen-bond acceptors (Lipinski definition) is 2. The maximum Gasteiger partial charge on any atom is 0.122 e. The van der Waals surface area contributed by atoms with E-state index in [0.29, 0.717) is 6.10 Å².